The van der Waals surface area contributed by atoms with Crippen LogP contribution in [0.3, 0.4) is 0 Å². The molecule has 2 aliphatic rings. The molecule has 1 amide bonds. The van der Waals surface area contributed by atoms with Crippen LogP contribution < -0.4 is 5.32 Å². The van der Waals surface area contributed by atoms with Crippen molar-refractivity contribution in [3.05, 3.63) is 47.5 Å². The monoisotopic (exact) mass is 364 g/mol. The van der Waals surface area contributed by atoms with Crippen LogP contribution in [0.2, 0.25) is 0 Å². The van der Waals surface area contributed by atoms with E-state index >= 15 is 0 Å². The fraction of sp³-hybridized carbons (Fsp3) is 0.478. The van der Waals surface area contributed by atoms with Crippen LogP contribution in [0.1, 0.15) is 48.5 Å². The zero-order chi connectivity index (χ0) is 18.8. The first kappa shape index (κ1) is 18.2. The summed E-state index contributed by atoms with van der Waals surface area (Å²) < 4.78 is 0. The number of ketones is 1. The van der Waals surface area contributed by atoms with Gasteiger partial charge in [-0.15, -0.1) is 0 Å². The first-order chi connectivity index (χ1) is 13.1. The summed E-state index contributed by atoms with van der Waals surface area (Å²) >= 11 is 0. The quantitative estimate of drug-likeness (QED) is 0.794. The van der Waals surface area contributed by atoms with Gasteiger partial charge in [0.2, 0.25) is 5.91 Å². The summed E-state index contributed by atoms with van der Waals surface area (Å²) in [5.41, 5.74) is 1.80. The maximum Gasteiger partial charge on any atom is 0.217 e. The number of Topliss-reactive ketones (excluding diaryl/α,β-unsaturated/α-hetero) is 1. The molecule has 4 nitrogen and oxygen atoms in total. The number of amides is 1. The zero-order valence-corrected chi connectivity index (χ0v) is 16.0. The Balaban J connectivity index is 1.57. The van der Waals surface area contributed by atoms with Gasteiger partial charge < -0.3 is 10.2 Å². The second kappa shape index (κ2) is 7.81. The Labute approximate surface area is 160 Å². The normalized spacial score (nSPS) is 20.6. The molecule has 0 bridgehead atoms. The summed E-state index contributed by atoms with van der Waals surface area (Å²) in [5.74, 6) is 1.15. The van der Waals surface area contributed by atoms with Crippen LogP contribution in [0.25, 0.3) is 10.8 Å². The molecule has 2 aromatic carbocycles. The lowest BCUT2D eigenvalue weighted by molar-refractivity contribution is -0.119. The molecule has 1 aliphatic heterocycles. The van der Waals surface area contributed by atoms with E-state index in [1.54, 1.807) is 0 Å². The number of fused-ring (bicyclic) bond motifs is 1. The van der Waals surface area contributed by atoms with Gasteiger partial charge in [-0.1, -0.05) is 24.3 Å². The highest BCUT2D eigenvalue weighted by Crippen LogP contribution is 2.32. The maximum atomic E-state index is 13.3. The molecule has 0 aromatic heterocycles. The lowest BCUT2D eigenvalue weighted by Gasteiger charge is -2.32. The van der Waals surface area contributed by atoms with E-state index in [0.29, 0.717) is 6.54 Å². The number of hydrogen-bond acceptors (Lipinski definition) is 3. The van der Waals surface area contributed by atoms with Gasteiger partial charge in [-0.05, 0) is 66.6 Å². The van der Waals surface area contributed by atoms with Crippen LogP contribution in [0, 0.1) is 11.8 Å². The average Bonchev–Trinajstić information content (AvgIpc) is 3.49. The molecule has 1 aliphatic carbocycles. The summed E-state index contributed by atoms with van der Waals surface area (Å²) in [5, 5.41) is 5.04. The van der Waals surface area contributed by atoms with Crippen molar-refractivity contribution >= 4 is 22.5 Å². The molecule has 2 aromatic rings. The lowest BCUT2D eigenvalue weighted by atomic mass is 9.88. The van der Waals surface area contributed by atoms with Gasteiger partial charge in [0.25, 0.3) is 0 Å². The minimum atomic E-state index is -0.0567. The van der Waals surface area contributed by atoms with Crippen molar-refractivity contribution < 1.29 is 9.59 Å². The van der Waals surface area contributed by atoms with E-state index in [1.807, 2.05) is 30.3 Å². The molecule has 1 N–H and O–H groups in total. The molecule has 1 saturated heterocycles. The van der Waals surface area contributed by atoms with E-state index < -0.39 is 0 Å². The van der Waals surface area contributed by atoms with Crippen LogP contribution in [0.4, 0.5) is 0 Å². The number of nitrogens with zero attached hydrogens (tertiary/aromatic N) is 1. The smallest absolute Gasteiger partial charge is 0.217 e. The highest BCUT2D eigenvalue weighted by Gasteiger charge is 2.30. The maximum absolute atomic E-state index is 13.3. The van der Waals surface area contributed by atoms with Crippen LogP contribution >= 0.6 is 0 Å². The first-order valence-electron chi connectivity index (χ1n) is 10.1. The number of rotatable bonds is 6. The Kier molecular flexibility index (Phi) is 5.26. The van der Waals surface area contributed by atoms with E-state index in [4.69, 9.17) is 0 Å². The molecule has 142 valence electrons. The van der Waals surface area contributed by atoms with Crippen molar-refractivity contribution in [2.24, 2.45) is 11.8 Å². The minimum Gasteiger partial charge on any atom is -0.352 e. The van der Waals surface area contributed by atoms with Crippen molar-refractivity contribution in [2.45, 2.75) is 39.2 Å². The van der Waals surface area contributed by atoms with Gasteiger partial charge in [0.05, 0.1) is 0 Å². The Morgan fingerprint density at radius 2 is 1.96 bits per heavy atom. The molecule has 0 spiro atoms. The largest absolute Gasteiger partial charge is 0.352 e. The van der Waals surface area contributed by atoms with Gasteiger partial charge in [0, 0.05) is 38.0 Å². The van der Waals surface area contributed by atoms with Gasteiger partial charge >= 0.3 is 0 Å². The van der Waals surface area contributed by atoms with Crippen LogP contribution in [-0.4, -0.2) is 36.2 Å². The van der Waals surface area contributed by atoms with Crippen LogP contribution in [-0.2, 0) is 11.3 Å². The zero-order valence-electron chi connectivity index (χ0n) is 16.0. The van der Waals surface area contributed by atoms with Gasteiger partial charge in [-0.25, -0.2) is 0 Å². The molecular formula is C23H28N2O2. The third kappa shape index (κ3) is 4.38. The van der Waals surface area contributed by atoms with Crippen molar-refractivity contribution in [3.8, 4) is 0 Å². The number of benzene rings is 2. The number of likely N-dealkylation sites (tertiary alicyclic amines) is 1. The highest BCUT2D eigenvalue weighted by molar-refractivity contribution is 6.02. The molecule has 2 fully saturated rings. The minimum absolute atomic E-state index is 0.0567. The predicted octanol–water partition coefficient (Wildman–Crippen LogP) is 3.78. The summed E-state index contributed by atoms with van der Waals surface area (Å²) in [6, 6.07) is 12.1. The van der Waals surface area contributed by atoms with Crippen molar-refractivity contribution in [1.29, 1.82) is 0 Å². The van der Waals surface area contributed by atoms with Crippen LogP contribution in [0.5, 0.6) is 0 Å². The summed E-state index contributed by atoms with van der Waals surface area (Å²) in [7, 11) is 0. The van der Waals surface area contributed by atoms with Gasteiger partial charge in [-0.3, -0.25) is 9.59 Å². The molecule has 0 radical (unpaired) electrons. The standard InChI is InChI=1S/C23H28N2O2/c1-16(26)24-13-21-12-20(11-18-5-2-3-7-22(18)21)23(27)19-6-4-10-25(15-19)14-17-8-9-17/h2-3,5,7,11-12,17,19H,4,6,8-10,13-15H2,1H3,(H,24,26). The molecule has 1 atom stereocenters. The first-order valence-corrected chi connectivity index (χ1v) is 10.1. The van der Waals surface area contributed by atoms with E-state index in [0.717, 1.165) is 60.3 Å². The molecule has 1 saturated carbocycles. The third-order valence-corrected chi connectivity index (χ3v) is 5.85. The SMILES string of the molecule is CC(=O)NCc1cc(C(=O)C2CCCN(CC3CC3)C2)cc2ccccc12. The van der Waals surface area contributed by atoms with Gasteiger partial charge in [-0.2, -0.15) is 0 Å². The number of nitrogens with one attached hydrogen (secondary N) is 1. The average molecular weight is 364 g/mol. The topological polar surface area (TPSA) is 49.4 Å². The number of carbonyl (C=O) groups excluding carboxylic acids is 2. The molecule has 4 rings (SSSR count). The number of hydrogen-bond donors (Lipinski definition) is 1. The second-order valence-corrected chi connectivity index (χ2v) is 8.17. The third-order valence-electron chi connectivity index (χ3n) is 5.85. The van der Waals surface area contributed by atoms with E-state index in [1.165, 1.54) is 19.8 Å². The van der Waals surface area contributed by atoms with Gasteiger partial charge in [0.15, 0.2) is 5.78 Å². The lowest BCUT2D eigenvalue weighted by Crippen LogP contribution is -2.39. The van der Waals surface area contributed by atoms with Gasteiger partial charge in [0.1, 0.15) is 0 Å². The van der Waals surface area contributed by atoms with Crippen molar-refractivity contribution in [3.63, 3.8) is 0 Å². The Bertz CT molecular complexity index is 857. The molecule has 27 heavy (non-hydrogen) atoms. The van der Waals surface area contributed by atoms with E-state index in [-0.39, 0.29) is 17.6 Å². The van der Waals surface area contributed by atoms with Crippen molar-refractivity contribution in [2.75, 3.05) is 19.6 Å². The Hall–Kier alpha value is -2.20. The number of piperidine rings is 1. The molecule has 4 heteroatoms. The second-order valence-electron chi connectivity index (χ2n) is 8.17. The Morgan fingerprint density at radius 1 is 1.15 bits per heavy atom. The number of carbonyl (C=O) groups is 2. The molecular weight excluding hydrogens is 336 g/mol. The summed E-state index contributed by atoms with van der Waals surface area (Å²) in [6.07, 6.45) is 4.79. The highest BCUT2D eigenvalue weighted by atomic mass is 16.1. The molecule has 1 unspecified atom stereocenters. The fourth-order valence-corrected chi connectivity index (χ4v) is 4.23. The van der Waals surface area contributed by atoms with Crippen LogP contribution in [0.15, 0.2) is 36.4 Å². The summed E-state index contributed by atoms with van der Waals surface area (Å²) in [4.78, 5) is 27.1. The van der Waals surface area contributed by atoms with Crippen molar-refractivity contribution in [1.82, 2.24) is 10.2 Å². The summed E-state index contributed by atoms with van der Waals surface area (Å²) in [6.45, 7) is 5.16. The molecule has 1 heterocycles. The fourth-order valence-electron chi connectivity index (χ4n) is 4.23. The van der Waals surface area contributed by atoms with E-state index in [9.17, 15) is 9.59 Å². The Morgan fingerprint density at radius 3 is 2.74 bits per heavy atom. The van der Waals surface area contributed by atoms with E-state index in [2.05, 4.69) is 16.3 Å². The predicted molar refractivity (Wildman–Crippen MR) is 108 cm³/mol.